The summed E-state index contributed by atoms with van der Waals surface area (Å²) in [4.78, 5) is 17.8. The van der Waals surface area contributed by atoms with Crippen molar-refractivity contribution in [2.75, 3.05) is 27.2 Å². The van der Waals surface area contributed by atoms with Crippen molar-refractivity contribution in [3.63, 3.8) is 0 Å². The first kappa shape index (κ1) is 13.9. The van der Waals surface area contributed by atoms with Crippen molar-refractivity contribution in [3.05, 3.63) is 23.5 Å². The van der Waals surface area contributed by atoms with Crippen LogP contribution in [0, 0.1) is 0 Å². The van der Waals surface area contributed by atoms with Gasteiger partial charge >= 0.3 is 6.18 Å². The largest absolute Gasteiger partial charge is 0.431 e. The van der Waals surface area contributed by atoms with Crippen LogP contribution in [0.2, 0.25) is 0 Å². The van der Waals surface area contributed by atoms with Crippen LogP contribution in [0.15, 0.2) is 12.3 Å². The molecule has 1 amide bonds. The maximum atomic E-state index is 12.4. The highest BCUT2D eigenvalue weighted by atomic mass is 19.4. The fraction of sp³-hybridized carbons (Fsp3) is 0.583. The Hall–Kier alpha value is -1.50. The van der Waals surface area contributed by atoms with E-state index >= 15 is 0 Å². The summed E-state index contributed by atoms with van der Waals surface area (Å²) in [5.74, 6) is -0.351. The highest BCUT2D eigenvalue weighted by molar-refractivity contribution is 5.94. The van der Waals surface area contributed by atoms with E-state index in [2.05, 4.69) is 4.98 Å². The second-order valence-corrected chi connectivity index (χ2v) is 4.96. The van der Waals surface area contributed by atoms with Gasteiger partial charge in [-0.15, -0.1) is 0 Å². The van der Waals surface area contributed by atoms with E-state index in [9.17, 15) is 18.0 Å². The van der Waals surface area contributed by atoms with E-state index < -0.39 is 11.9 Å². The molecule has 1 atom stereocenters. The number of halogens is 3. The monoisotopic (exact) mass is 275 g/mol. The van der Waals surface area contributed by atoms with Crippen molar-refractivity contribution in [1.29, 1.82) is 0 Å². The number of H-pyrrole nitrogens is 1. The second-order valence-electron chi connectivity index (χ2n) is 4.96. The number of nitrogens with one attached hydrogen (secondary N) is 1. The molecule has 0 saturated carbocycles. The van der Waals surface area contributed by atoms with Gasteiger partial charge in [-0.3, -0.25) is 4.79 Å². The lowest BCUT2D eigenvalue weighted by Gasteiger charge is -2.20. The lowest BCUT2D eigenvalue weighted by atomic mass is 10.2. The Kier molecular flexibility index (Phi) is 3.58. The molecule has 0 radical (unpaired) electrons. The van der Waals surface area contributed by atoms with Crippen LogP contribution in [0.1, 0.15) is 22.5 Å². The molecule has 0 aliphatic carbocycles. The Labute approximate surface area is 109 Å². The molecule has 0 bridgehead atoms. The number of carbonyl (C=O) groups excluding carboxylic acids is 1. The van der Waals surface area contributed by atoms with Crippen molar-refractivity contribution in [1.82, 2.24) is 14.8 Å². The molecule has 0 spiro atoms. The average molecular weight is 275 g/mol. The molecular weight excluding hydrogens is 259 g/mol. The number of aromatic nitrogens is 1. The zero-order valence-corrected chi connectivity index (χ0v) is 10.8. The number of aromatic amines is 1. The second kappa shape index (κ2) is 4.88. The van der Waals surface area contributed by atoms with Crippen molar-refractivity contribution in [3.8, 4) is 0 Å². The van der Waals surface area contributed by atoms with Gasteiger partial charge in [0.05, 0.1) is 5.56 Å². The Morgan fingerprint density at radius 1 is 1.47 bits per heavy atom. The predicted octanol–water partition coefficient (Wildman–Crippen LogP) is 1.81. The van der Waals surface area contributed by atoms with E-state index in [4.69, 9.17) is 0 Å². The highest BCUT2D eigenvalue weighted by Gasteiger charge is 2.34. The molecule has 19 heavy (non-hydrogen) atoms. The summed E-state index contributed by atoms with van der Waals surface area (Å²) in [6.45, 7) is 1.13. The van der Waals surface area contributed by atoms with Gasteiger partial charge in [0.1, 0.15) is 5.69 Å². The third-order valence-corrected chi connectivity index (χ3v) is 3.42. The van der Waals surface area contributed by atoms with Crippen LogP contribution in [0.4, 0.5) is 13.2 Å². The third-order valence-electron chi connectivity index (χ3n) is 3.42. The van der Waals surface area contributed by atoms with E-state index in [1.165, 1.54) is 0 Å². The van der Waals surface area contributed by atoms with Crippen LogP contribution in [0.25, 0.3) is 0 Å². The maximum absolute atomic E-state index is 12.4. The van der Waals surface area contributed by atoms with Gasteiger partial charge in [0.25, 0.3) is 5.91 Å². The van der Waals surface area contributed by atoms with E-state index in [-0.39, 0.29) is 17.5 Å². The number of hydrogen-bond acceptors (Lipinski definition) is 2. The average Bonchev–Trinajstić information content (AvgIpc) is 2.97. The molecule has 1 aromatic heterocycles. The Bertz CT molecular complexity index is 467. The summed E-state index contributed by atoms with van der Waals surface area (Å²) in [6, 6.07) is 1.13. The molecule has 4 nitrogen and oxygen atoms in total. The molecule has 1 aliphatic heterocycles. The molecule has 7 heteroatoms. The SMILES string of the molecule is CN(C)C1CCN(C(=O)c2c[nH]c(C(F)(F)F)c2)C1. The molecule has 1 N–H and O–H groups in total. The number of alkyl halides is 3. The molecule has 2 heterocycles. The van der Waals surface area contributed by atoms with Crippen molar-refractivity contribution < 1.29 is 18.0 Å². The van der Waals surface area contributed by atoms with Gasteiger partial charge in [0.2, 0.25) is 0 Å². The first-order valence-corrected chi connectivity index (χ1v) is 6.00. The molecule has 1 aliphatic rings. The maximum Gasteiger partial charge on any atom is 0.431 e. The van der Waals surface area contributed by atoms with Crippen LogP contribution in [0.5, 0.6) is 0 Å². The number of likely N-dealkylation sites (tertiary alicyclic amines) is 1. The Balaban J connectivity index is 2.07. The zero-order chi connectivity index (χ0) is 14.2. The Morgan fingerprint density at radius 3 is 2.63 bits per heavy atom. The summed E-state index contributed by atoms with van der Waals surface area (Å²) in [7, 11) is 3.85. The number of rotatable bonds is 2. The van der Waals surface area contributed by atoms with E-state index in [1.807, 2.05) is 19.0 Å². The van der Waals surface area contributed by atoms with E-state index in [0.29, 0.717) is 13.1 Å². The lowest BCUT2D eigenvalue weighted by Crippen LogP contribution is -2.34. The van der Waals surface area contributed by atoms with Crippen LogP contribution in [-0.2, 0) is 6.18 Å². The van der Waals surface area contributed by atoms with Gasteiger partial charge < -0.3 is 14.8 Å². The minimum atomic E-state index is -4.45. The first-order valence-electron chi connectivity index (χ1n) is 6.00. The molecule has 1 saturated heterocycles. The molecule has 1 fully saturated rings. The fourth-order valence-electron chi connectivity index (χ4n) is 2.21. The number of hydrogen-bond donors (Lipinski definition) is 1. The smallest absolute Gasteiger partial charge is 0.357 e. The van der Waals surface area contributed by atoms with Crippen molar-refractivity contribution in [2.24, 2.45) is 0 Å². The normalized spacial score (nSPS) is 20.3. The lowest BCUT2D eigenvalue weighted by molar-refractivity contribution is -0.140. The number of amides is 1. The third kappa shape index (κ3) is 2.91. The van der Waals surface area contributed by atoms with Gasteiger partial charge in [-0.05, 0) is 26.6 Å². The standard InChI is InChI=1S/C12H16F3N3O/c1-17(2)9-3-4-18(7-9)11(19)8-5-10(16-6-8)12(13,14)15/h5-6,9,16H,3-4,7H2,1-2H3. The van der Waals surface area contributed by atoms with E-state index in [1.54, 1.807) is 4.90 Å². The molecule has 1 unspecified atom stereocenters. The highest BCUT2D eigenvalue weighted by Crippen LogP contribution is 2.29. The van der Waals surface area contributed by atoms with Crippen LogP contribution >= 0.6 is 0 Å². The molecule has 2 rings (SSSR count). The fourth-order valence-corrected chi connectivity index (χ4v) is 2.21. The quantitative estimate of drug-likeness (QED) is 0.894. The molecule has 0 aromatic carbocycles. The van der Waals surface area contributed by atoms with Crippen LogP contribution < -0.4 is 0 Å². The molecule has 106 valence electrons. The van der Waals surface area contributed by atoms with Gasteiger partial charge in [-0.2, -0.15) is 13.2 Å². The summed E-state index contributed by atoms with van der Waals surface area (Å²) >= 11 is 0. The zero-order valence-electron chi connectivity index (χ0n) is 10.8. The molecular formula is C12H16F3N3O. The van der Waals surface area contributed by atoms with Gasteiger partial charge in [0.15, 0.2) is 0 Å². The Morgan fingerprint density at radius 2 is 2.16 bits per heavy atom. The van der Waals surface area contributed by atoms with Gasteiger partial charge in [0, 0.05) is 25.3 Å². The minimum Gasteiger partial charge on any atom is -0.357 e. The van der Waals surface area contributed by atoms with Crippen LogP contribution in [0.3, 0.4) is 0 Å². The summed E-state index contributed by atoms with van der Waals surface area (Å²) in [5.41, 5.74) is -0.828. The van der Waals surface area contributed by atoms with Crippen molar-refractivity contribution in [2.45, 2.75) is 18.6 Å². The minimum absolute atomic E-state index is 0.0618. The number of carbonyl (C=O) groups is 1. The summed E-state index contributed by atoms with van der Waals surface area (Å²) in [6.07, 6.45) is -2.49. The predicted molar refractivity (Wildman–Crippen MR) is 63.8 cm³/mol. The van der Waals surface area contributed by atoms with Crippen LogP contribution in [-0.4, -0.2) is 53.9 Å². The number of likely N-dealkylation sites (N-methyl/N-ethyl adjacent to an activating group) is 1. The summed E-state index contributed by atoms with van der Waals surface area (Å²) < 4.78 is 37.3. The molecule has 1 aromatic rings. The van der Waals surface area contributed by atoms with E-state index in [0.717, 1.165) is 18.7 Å². The van der Waals surface area contributed by atoms with Crippen molar-refractivity contribution >= 4 is 5.91 Å². The first-order chi connectivity index (χ1) is 8.79. The topological polar surface area (TPSA) is 39.3 Å². The van der Waals surface area contributed by atoms with Gasteiger partial charge in [-0.1, -0.05) is 0 Å². The summed E-state index contributed by atoms with van der Waals surface area (Å²) in [5, 5.41) is 0. The number of nitrogens with zero attached hydrogens (tertiary/aromatic N) is 2. The van der Waals surface area contributed by atoms with Gasteiger partial charge in [-0.25, -0.2) is 0 Å².